The van der Waals surface area contributed by atoms with Crippen LogP contribution in [0.5, 0.6) is 0 Å². The van der Waals surface area contributed by atoms with Gasteiger partial charge in [-0.25, -0.2) is 9.07 Å². The van der Waals surface area contributed by atoms with Crippen LogP contribution in [0, 0.1) is 5.82 Å². The summed E-state index contributed by atoms with van der Waals surface area (Å²) in [6.45, 7) is 0. The van der Waals surface area contributed by atoms with E-state index in [4.69, 9.17) is 23.2 Å². The highest BCUT2D eigenvalue weighted by molar-refractivity contribution is 6.35. The van der Waals surface area contributed by atoms with E-state index >= 15 is 0 Å². The summed E-state index contributed by atoms with van der Waals surface area (Å²) in [6.07, 6.45) is 2.22. The molecule has 4 nitrogen and oxygen atoms in total. The van der Waals surface area contributed by atoms with E-state index in [1.165, 1.54) is 18.5 Å². The Morgan fingerprint density at radius 3 is 2.67 bits per heavy atom. The number of benzene rings is 2. The van der Waals surface area contributed by atoms with Crippen LogP contribution < -0.4 is 5.32 Å². The highest BCUT2D eigenvalue weighted by atomic mass is 35.5. The molecule has 1 aliphatic heterocycles. The molecule has 3 aromatic rings. The third kappa shape index (κ3) is 2.74. The Balaban J connectivity index is 1.75. The zero-order valence-electron chi connectivity index (χ0n) is 12.5. The molecular weight excluding hydrogens is 350 g/mol. The van der Waals surface area contributed by atoms with Crippen LogP contribution in [-0.2, 0) is 0 Å². The van der Waals surface area contributed by atoms with Crippen molar-refractivity contribution in [2.45, 2.75) is 18.5 Å². The first-order valence-corrected chi connectivity index (χ1v) is 8.24. The molecule has 0 spiro atoms. The Labute approximate surface area is 148 Å². The highest BCUT2D eigenvalue weighted by Crippen LogP contribution is 2.40. The van der Waals surface area contributed by atoms with Gasteiger partial charge in [-0.3, -0.25) is 0 Å². The van der Waals surface area contributed by atoms with Crippen molar-refractivity contribution >= 4 is 29.2 Å². The average molecular weight is 363 g/mol. The van der Waals surface area contributed by atoms with Gasteiger partial charge in [-0.2, -0.15) is 10.1 Å². The van der Waals surface area contributed by atoms with Gasteiger partial charge in [0.05, 0.1) is 12.1 Å². The topological polar surface area (TPSA) is 42.7 Å². The Hall–Kier alpha value is -2.11. The quantitative estimate of drug-likeness (QED) is 0.706. The van der Waals surface area contributed by atoms with E-state index < -0.39 is 0 Å². The molecule has 0 aliphatic carbocycles. The molecule has 1 N–H and O–H groups in total. The fourth-order valence-electron chi connectivity index (χ4n) is 3.06. The number of rotatable bonds is 2. The van der Waals surface area contributed by atoms with Gasteiger partial charge in [0, 0.05) is 10.0 Å². The predicted molar refractivity (Wildman–Crippen MR) is 92.0 cm³/mol. The summed E-state index contributed by atoms with van der Waals surface area (Å²) >= 11 is 12.4. The van der Waals surface area contributed by atoms with Crippen LogP contribution in [0.3, 0.4) is 0 Å². The van der Waals surface area contributed by atoms with Crippen molar-refractivity contribution in [1.82, 2.24) is 14.8 Å². The lowest BCUT2D eigenvalue weighted by molar-refractivity contribution is 0.430. The molecule has 1 aromatic heterocycles. The van der Waals surface area contributed by atoms with Crippen molar-refractivity contribution in [3.05, 3.63) is 75.8 Å². The molecule has 0 saturated carbocycles. The Morgan fingerprint density at radius 1 is 1.12 bits per heavy atom. The average Bonchev–Trinajstić information content (AvgIpc) is 3.03. The van der Waals surface area contributed by atoms with E-state index in [0.717, 1.165) is 11.1 Å². The van der Waals surface area contributed by atoms with E-state index in [1.54, 1.807) is 18.2 Å². The van der Waals surface area contributed by atoms with Crippen molar-refractivity contribution in [2.75, 3.05) is 5.32 Å². The monoisotopic (exact) mass is 362 g/mol. The number of hydrogen-bond donors (Lipinski definition) is 1. The molecule has 4 rings (SSSR count). The van der Waals surface area contributed by atoms with Crippen molar-refractivity contribution in [3.8, 4) is 0 Å². The van der Waals surface area contributed by atoms with Gasteiger partial charge in [0.2, 0.25) is 5.95 Å². The van der Waals surface area contributed by atoms with E-state index in [2.05, 4.69) is 15.4 Å². The van der Waals surface area contributed by atoms with Gasteiger partial charge in [0.15, 0.2) is 0 Å². The second-order valence-corrected chi connectivity index (χ2v) is 6.54. The number of aromatic nitrogens is 3. The molecule has 2 heterocycles. The fourth-order valence-corrected chi connectivity index (χ4v) is 3.60. The van der Waals surface area contributed by atoms with Crippen LogP contribution in [0.15, 0.2) is 48.8 Å². The second-order valence-electron chi connectivity index (χ2n) is 5.69. The van der Waals surface area contributed by atoms with Crippen LogP contribution in [0.4, 0.5) is 10.3 Å². The van der Waals surface area contributed by atoms with Crippen molar-refractivity contribution in [2.24, 2.45) is 0 Å². The molecule has 0 fully saturated rings. The zero-order valence-corrected chi connectivity index (χ0v) is 14.0. The van der Waals surface area contributed by atoms with Gasteiger partial charge in [-0.1, -0.05) is 41.4 Å². The van der Waals surface area contributed by atoms with Crippen LogP contribution in [0.2, 0.25) is 10.0 Å². The molecule has 24 heavy (non-hydrogen) atoms. The maximum absolute atomic E-state index is 13.2. The second kappa shape index (κ2) is 6.07. The number of nitrogens with zero attached hydrogens (tertiary/aromatic N) is 3. The number of nitrogens with one attached hydrogen (secondary N) is 1. The van der Waals surface area contributed by atoms with Crippen molar-refractivity contribution in [3.63, 3.8) is 0 Å². The minimum Gasteiger partial charge on any atom is -0.348 e. The van der Waals surface area contributed by atoms with Gasteiger partial charge in [-0.15, -0.1) is 0 Å². The summed E-state index contributed by atoms with van der Waals surface area (Å²) in [6, 6.07) is 11.8. The summed E-state index contributed by atoms with van der Waals surface area (Å²) in [5.41, 5.74) is 1.92. The molecular formula is C17H13Cl2FN4. The number of hydrogen-bond acceptors (Lipinski definition) is 3. The third-order valence-electron chi connectivity index (χ3n) is 4.22. The fraction of sp³-hybridized carbons (Fsp3) is 0.176. The predicted octanol–water partition coefficient (Wildman–Crippen LogP) is 4.87. The normalized spacial score (nSPS) is 19.6. The Morgan fingerprint density at radius 2 is 1.92 bits per heavy atom. The van der Waals surface area contributed by atoms with Crippen LogP contribution in [0.1, 0.15) is 29.6 Å². The largest absolute Gasteiger partial charge is 0.348 e. The summed E-state index contributed by atoms with van der Waals surface area (Å²) in [4.78, 5) is 4.27. The van der Waals surface area contributed by atoms with Gasteiger partial charge < -0.3 is 5.32 Å². The zero-order chi connectivity index (χ0) is 16.7. The molecule has 2 aromatic carbocycles. The Kier molecular flexibility index (Phi) is 3.90. The molecule has 2 unspecified atom stereocenters. The molecule has 0 amide bonds. The first kappa shape index (κ1) is 15.4. The van der Waals surface area contributed by atoms with Gasteiger partial charge in [0.25, 0.3) is 0 Å². The van der Waals surface area contributed by atoms with Crippen LogP contribution in [-0.4, -0.2) is 14.8 Å². The summed E-state index contributed by atoms with van der Waals surface area (Å²) in [5.74, 6) is 0.404. The SMILES string of the molecule is Fc1ccc(C2CC(c3ccc(Cl)cc3Cl)n3ncnc3N2)cc1. The van der Waals surface area contributed by atoms with E-state index in [9.17, 15) is 4.39 Å². The summed E-state index contributed by atoms with van der Waals surface area (Å²) in [7, 11) is 0. The number of halogens is 3. The molecule has 7 heteroatoms. The minimum atomic E-state index is -0.255. The maximum Gasteiger partial charge on any atom is 0.222 e. The lowest BCUT2D eigenvalue weighted by Gasteiger charge is -2.32. The first-order chi connectivity index (χ1) is 11.6. The molecule has 122 valence electrons. The van der Waals surface area contributed by atoms with E-state index in [1.807, 2.05) is 16.8 Å². The molecule has 0 saturated heterocycles. The molecule has 2 atom stereocenters. The van der Waals surface area contributed by atoms with Crippen LogP contribution in [0.25, 0.3) is 0 Å². The van der Waals surface area contributed by atoms with Gasteiger partial charge in [0.1, 0.15) is 12.1 Å². The van der Waals surface area contributed by atoms with E-state index in [0.29, 0.717) is 22.4 Å². The molecule has 0 bridgehead atoms. The summed E-state index contributed by atoms with van der Waals surface area (Å²) in [5, 5.41) is 8.83. The van der Waals surface area contributed by atoms with Crippen LogP contribution >= 0.6 is 23.2 Å². The van der Waals surface area contributed by atoms with Gasteiger partial charge >= 0.3 is 0 Å². The number of fused-ring (bicyclic) bond motifs is 1. The lowest BCUT2D eigenvalue weighted by atomic mass is 9.93. The highest BCUT2D eigenvalue weighted by Gasteiger charge is 2.31. The molecule has 0 radical (unpaired) electrons. The van der Waals surface area contributed by atoms with E-state index in [-0.39, 0.29) is 17.9 Å². The smallest absolute Gasteiger partial charge is 0.222 e. The lowest BCUT2D eigenvalue weighted by Crippen LogP contribution is -2.28. The Bertz CT molecular complexity index is 879. The molecule has 1 aliphatic rings. The minimum absolute atomic E-state index is 0.0148. The van der Waals surface area contributed by atoms with Crippen molar-refractivity contribution in [1.29, 1.82) is 0 Å². The standard InChI is InChI=1S/C17H13Cl2FN4/c18-11-3-6-13(14(19)7-11)16-8-15(10-1-4-12(20)5-2-10)23-17-21-9-22-24(16)17/h1-7,9,15-16H,8H2,(H,21,22,23). The third-order valence-corrected chi connectivity index (χ3v) is 4.79. The van der Waals surface area contributed by atoms with Gasteiger partial charge in [-0.05, 0) is 41.8 Å². The maximum atomic E-state index is 13.2. The summed E-state index contributed by atoms with van der Waals surface area (Å²) < 4.78 is 15.0. The number of anilines is 1. The first-order valence-electron chi connectivity index (χ1n) is 7.48. The van der Waals surface area contributed by atoms with Crippen molar-refractivity contribution < 1.29 is 4.39 Å².